The molecule has 1 atom stereocenters. The average Bonchev–Trinajstić information content (AvgIpc) is 2.66. The minimum atomic E-state index is 0. The summed E-state index contributed by atoms with van der Waals surface area (Å²) < 4.78 is 0. The van der Waals surface area contributed by atoms with E-state index in [1.165, 1.54) is 0 Å². The molecule has 0 radical (unpaired) electrons. The Morgan fingerprint density at radius 3 is 2.75 bits per heavy atom. The number of carbonyl (C=O) groups is 1. The molecule has 1 N–H and O–H groups in total. The maximum Gasteiger partial charge on any atom is 0.255 e. The van der Waals surface area contributed by atoms with Crippen LogP contribution in [0, 0.1) is 6.92 Å². The predicted molar refractivity (Wildman–Crippen MR) is 86.1 cm³/mol. The van der Waals surface area contributed by atoms with Crippen LogP contribution >= 0.6 is 24.8 Å². The maximum absolute atomic E-state index is 12.4. The van der Waals surface area contributed by atoms with E-state index in [-0.39, 0.29) is 30.7 Å². The molecular formula is C14H23Cl2N3O. The van der Waals surface area contributed by atoms with Crippen LogP contribution in [0.4, 0.5) is 0 Å². The number of halogens is 2. The van der Waals surface area contributed by atoms with Crippen molar-refractivity contribution in [2.24, 2.45) is 0 Å². The Hall–Kier alpha value is -0.840. The lowest BCUT2D eigenvalue weighted by molar-refractivity contribution is 0.0720. The van der Waals surface area contributed by atoms with E-state index in [1.807, 2.05) is 24.9 Å². The van der Waals surface area contributed by atoms with Gasteiger partial charge in [0, 0.05) is 25.5 Å². The van der Waals surface area contributed by atoms with Crippen LogP contribution in [0.1, 0.15) is 35.2 Å². The van der Waals surface area contributed by atoms with Gasteiger partial charge in [-0.3, -0.25) is 9.78 Å². The first-order chi connectivity index (χ1) is 8.68. The molecule has 1 fully saturated rings. The number of aromatic nitrogens is 1. The minimum absolute atomic E-state index is 0. The smallest absolute Gasteiger partial charge is 0.255 e. The van der Waals surface area contributed by atoms with Gasteiger partial charge in [0.2, 0.25) is 0 Å². The lowest BCUT2D eigenvalue weighted by Gasteiger charge is -2.27. The Morgan fingerprint density at radius 2 is 2.05 bits per heavy atom. The highest BCUT2D eigenvalue weighted by atomic mass is 35.5. The molecule has 1 aromatic rings. The molecule has 2 rings (SSSR count). The Balaban J connectivity index is 0.00000180. The van der Waals surface area contributed by atoms with Crippen LogP contribution in [0.5, 0.6) is 0 Å². The number of nitrogens with one attached hydrogen (secondary N) is 1. The molecule has 1 saturated heterocycles. The number of hydrogen-bond acceptors (Lipinski definition) is 3. The molecule has 114 valence electrons. The van der Waals surface area contributed by atoms with Crippen molar-refractivity contribution in [2.45, 2.75) is 32.2 Å². The second-order valence-corrected chi connectivity index (χ2v) is 5.00. The zero-order chi connectivity index (χ0) is 13.0. The monoisotopic (exact) mass is 319 g/mol. The fourth-order valence-electron chi connectivity index (χ4n) is 2.43. The lowest BCUT2D eigenvalue weighted by atomic mass is 10.1. The molecule has 1 amide bonds. The van der Waals surface area contributed by atoms with Crippen molar-refractivity contribution < 1.29 is 4.79 Å². The van der Waals surface area contributed by atoms with Crippen molar-refractivity contribution in [3.63, 3.8) is 0 Å². The molecule has 1 unspecified atom stereocenters. The molecule has 0 aliphatic carbocycles. The van der Waals surface area contributed by atoms with Gasteiger partial charge in [0.25, 0.3) is 5.91 Å². The largest absolute Gasteiger partial charge is 0.339 e. The van der Waals surface area contributed by atoms with E-state index in [0.29, 0.717) is 11.6 Å². The topological polar surface area (TPSA) is 45.2 Å². The van der Waals surface area contributed by atoms with Gasteiger partial charge < -0.3 is 10.2 Å². The van der Waals surface area contributed by atoms with Crippen molar-refractivity contribution in [3.05, 3.63) is 29.6 Å². The molecule has 0 aromatic carbocycles. The highest BCUT2D eigenvalue weighted by molar-refractivity contribution is 5.94. The fourth-order valence-corrected chi connectivity index (χ4v) is 2.43. The number of nitrogens with zero attached hydrogens (tertiary/aromatic N) is 2. The van der Waals surface area contributed by atoms with E-state index < -0.39 is 0 Å². The van der Waals surface area contributed by atoms with E-state index in [4.69, 9.17) is 0 Å². The molecule has 1 aliphatic heterocycles. The van der Waals surface area contributed by atoms with Crippen molar-refractivity contribution in [1.29, 1.82) is 0 Å². The first kappa shape index (κ1) is 19.2. The second kappa shape index (κ2) is 9.16. The highest BCUT2D eigenvalue weighted by Gasteiger charge is 2.22. The molecule has 1 aliphatic rings. The van der Waals surface area contributed by atoms with Crippen LogP contribution in [-0.2, 0) is 0 Å². The van der Waals surface area contributed by atoms with Gasteiger partial charge >= 0.3 is 0 Å². The van der Waals surface area contributed by atoms with Gasteiger partial charge in [0.15, 0.2) is 0 Å². The van der Waals surface area contributed by atoms with Gasteiger partial charge in [-0.2, -0.15) is 0 Å². The van der Waals surface area contributed by atoms with E-state index >= 15 is 0 Å². The number of rotatable bonds is 2. The SMILES string of the molecule is Cc1cncc(C(=O)N(C)C2CCCNCC2)c1.Cl.Cl. The Bertz CT molecular complexity index is 421. The average molecular weight is 320 g/mol. The van der Waals surface area contributed by atoms with Gasteiger partial charge in [-0.15, -0.1) is 24.8 Å². The summed E-state index contributed by atoms with van der Waals surface area (Å²) in [6, 6.07) is 2.24. The normalized spacial score (nSPS) is 18.2. The van der Waals surface area contributed by atoms with Crippen molar-refractivity contribution in [3.8, 4) is 0 Å². The number of aryl methyl sites for hydroxylation is 1. The number of hydrogen-bond donors (Lipinski definition) is 1. The molecule has 0 saturated carbocycles. The van der Waals surface area contributed by atoms with Crippen LogP contribution < -0.4 is 5.32 Å². The third-order valence-electron chi connectivity index (χ3n) is 3.54. The first-order valence-corrected chi connectivity index (χ1v) is 6.58. The molecule has 0 bridgehead atoms. The van der Waals surface area contributed by atoms with Crippen LogP contribution in [0.25, 0.3) is 0 Å². The van der Waals surface area contributed by atoms with Crippen LogP contribution in [-0.4, -0.2) is 42.0 Å². The summed E-state index contributed by atoms with van der Waals surface area (Å²) in [5.74, 6) is 0.0816. The fraction of sp³-hybridized carbons (Fsp3) is 0.571. The summed E-state index contributed by atoms with van der Waals surface area (Å²) in [6.45, 7) is 4.01. The molecule has 1 aromatic heterocycles. The van der Waals surface area contributed by atoms with Gasteiger partial charge in [-0.05, 0) is 50.9 Å². The first-order valence-electron chi connectivity index (χ1n) is 6.58. The molecule has 0 spiro atoms. The summed E-state index contributed by atoms with van der Waals surface area (Å²) in [7, 11) is 1.90. The molecule has 6 heteroatoms. The van der Waals surface area contributed by atoms with E-state index in [1.54, 1.807) is 12.4 Å². The summed E-state index contributed by atoms with van der Waals surface area (Å²) >= 11 is 0. The highest BCUT2D eigenvalue weighted by Crippen LogP contribution is 2.15. The zero-order valence-electron chi connectivity index (χ0n) is 12.0. The number of amides is 1. The van der Waals surface area contributed by atoms with Crippen LogP contribution in [0.3, 0.4) is 0 Å². The Kier molecular flexibility index (Phi) is 8.78. The number of pyridine rings is 1. The minimum Gasteiger partial charge on any atom is -0.339 e. The standard InChI is InChI=1S/C14H21N3O.2ClH/c1-11-8-12(10-16-9-11)14(18)17(2)13-4-3-6-15-7-5-13;;/h8-10,13,15H,3-7H2,1-2H3;2*1H. The van der Waals surface area contributed by atoms with Gasteiger partial charge in [-0.1, -0.05) is 0 Å². The zero-order valence-corrected chi connectivity index (χ0v) is 13.6. The quantitative estimate of drug-likeness (QED) is 0.910. The number of carbonyl (C=O) groups excluding carboxylic acids is 1. The molecular weight excluding hydrogens is 297 g/mol. The molecule has 4 nitrogen and oxygen atoms in total. The van der Waals surface area contributed by atoms with E-state index in [2.05, 4.69) is 10.3 Å². The lowest BCUT2D eigenvalue weighted by Crippen LogP contribution is -2.37. The maximum atomic E-state index is 12.4. The van der Waals surface area contributed by atoms with E-state index in [0.717, 1.165) is 37.9 Å². The van der Waals surface area contributed by atoms with Crippen LogP contribution in [0.2, 0.25) is 0 Å². The Labute approximate surface area is 133 Å². The summed E-state index contributed by atoms with van der Waals surface area (Å²) in [5, 5.41) is 3.37. The van der Waals surface area contributed by atoms with Crippen molar-refractivity contribution >= 4 is 30.7 Å². The van der Waals surface area contributed by atoms with Gasteiger partial charge in [0.05, 0.1) is 5.56 Å². The van der Waals surface area contributed by atoms with Crippen molar-refractivity contribution in [2.75, 3.05) is 20.1 Å². The molecule has 2 heterocycles. The van der Waals surface area contributed by atoms with Crippen LogP contribution in [0.15, 0.2) is 18.5 Å². The van der Waals surface area contributed by atoms with E-state index in [9.17, 15) is 4.79 Å². The Morgan fingerprint density at radius 1 is 1.30 bits per heavy atom. The third kappa shape index (κ3) is 4.93. The second-order valence-electron chi connectivity index (χ2n) is 5.00. The summed E-state index contributed by atoms with van der Waals surface area (Å²) in [6.07, 6.45) is 6.66. The predicted octanol–water partition coefficient (Wildman–Crippen LogP) is 2.45. The summed E-state index contributed by atoms with van der Waals surface area (Å²) in [5.41, 5.74) is 1.71. The van der Waals surface area contributed by atoms with Crippen molar-refractivity contribution in [1.82, 2.24) is 15.2 Å². The van der Waals surface area contributed by atoms with Gasteiger partial charge in [-0.25, -0.2) is 0 Å². The van der Waals surface area contributed by atoms with Gasteiger partial charge in [0.1, 0.15) is 0 Å². The third-order valence-corrected chi connectivity index (χ3v) is 3.54. The molecule has 20 heavy (non-hydrogen) atoms. The summed E-state index contributed by atoms with van der Waals surface area (Å²) in [4.78, 5) is 18.3.